The molecular formula is C11H13BrClNO. The average Bonchev–Trinajstić information content (AvgIpc) is 2.13. The van der Waals surface area contributed by atoms with Crippen molar-refractivity contribution in [2.75, 3.05) is 7.11 Å². The first kappa shape index (κ1) is 11.2. The quantitative estimate of drug-likeness (QED) is 0.905. The first-order valence-electron chi connectivity index (χ1n) is 4.89. The van der Waals surface area contributed by atoms with Gasteiger partial charge >= 0.3 is 0 Å². The molecule has 2 nitrogen and oxygen atoms in total. The van der Waals surface area contributed by atoms with Crippen LogP contribution < -0.4 is 10.5 Å². The van der Waals surface area contributed by atoms with Gasteiger partial charge in [-0.05, 0) is 31.4 Å². The molecule has 2 N–H and O–H groups in total. The average molecular weight is 291 g/mol. The van der Waals surface area contributed by atoms with E-state index in [0.29, 0.717) is 10.8 Å². The third-order valence-corrected chi connectivity index (χ3v) is 3.73. The van der Waals surface area contributed by atoms with Crippen LogP contribution in [0.5, 0.6) is 5.75 Å². The van der Waals surface area contributed by atoms with Crippen molar-refractivity contribution in [3.8, 4) is 5.75 Å². The summed E-state index contributed by atoms with van der Waals surface area (Å²) in [6.07, 6.45) is 3.16. The van der Waals surface area contributed by atoms with Crippen LogP contribution >= 0.6 is 27.5 Å². The van der Waals surface area contributed by atoms with E-state index in [1.165, 1.54) is 6.42 Å². The number of hydrogen-bond donors (Lipinski definition) is 1. The minimum Gasteiger partial charge on any atom is -0.495 e. The molecule has 0 heterocycles. The molecule has 0 amide bonds. The van der Waals surface area contributed by atoms with Crippen molar-refractivity contribution in [3.63, 3.8) is 0 Å². The van der Waals surface area contributed by atoms with Gasteiger partial charge in [0.1, 0.15) is 5.75 Å². The summed E-state index contributed by atoms with van der Waals surface area (Å²) in [5, 5.41) is 0.610. The van der Waals surface area contributed by atoms with Crippen LogP contribution in [-0.4, -0.2) is 7.11 Å². The minimum atomic E-state index is -0.251. The molecule has 0 spiro atoms. The fraction of sp³-hybridized carbons (Fsp3) is 0.455. The number of rotatable bonds is 2. The fourth-order valence-electron chi connectivity index (χ4n) is 1.96. The monoisotopic (exact) mass is 289 g/mol. The number of hydrogen-bond acceptors (Lipinski definition) is 2. The van der Waals surface area contributed by atoms with Crippen molar-refractivity contribution < 1.29 is 4.74 Å². The van der Waals surface area contributed by atoms with Gasteiger partial charge in [0.25, 0.3) is 0 Å². The molecule has 1 aromatic carbocycles. The number of methoxy groups -OCH3 is 1. The maximum absolute atomic E-state index is 6.28. The van der Waals surface area contributed by atoms with Crippen LogP contribution in [0.1, 0.15) is 24.8 Å². The lowest BCUT2D eigenvalue weighted by atomic mass is 9.72. The number of ether oxygens (including phenoxy) is 1. The molecule has 1 fully saturated rings. The summed E-state index contributed by atoms with van der Waals surface area (Å²) in [5.41, 5.74) is 7.04. The van der Waals surface area contributed by atoms with E-state index in [0.717, 1.165) is 22.9 Å². The van der Waals surface area contributed by atoms with Crippen molar-refractivity contribution in [1.82, 2.24) is 0 Å². The molecule has 0 aromatic heterocycles. The van der Waals surface area contributed by atoms with Gasteiger partial charge < -0.3 is 10.5 Å². The Hall–Kier alpha value is -0.250. The number of halogens is 2. The Morgan fingerprint density at radius 1 is 1.47 bits per heavy atom. The molecule has 1 aromatic rings. The molecule has 2 rings (SSSR count). The molecule has 0 aliphatic heterocycles. The van der Waals surface area contributed by atoms with E-state index >= 15 is 0 Å². The van der Waals surface area contributed by atoms with Crippen LogP contribution in [0.2, 0.25) is 5.02 Å². The van der Waals surface area contributed by atoms with Crippen molar-refractivity contribution >= 4 is 27.5 Å². The first-order chi connectivity index (χ1) is 7.07. The molecule has 1 aliphatic rings. The summed E-state index contributed by atoms with van der Waals surface area (Å²) in [7, 11) is 1.63. The number of benzene rings is 1. The van der Waals surface area contributed by atoms with Crippen LogP contribution in [-0.2, 0) is 5.54 Å². The minimum absolute atomic E-state index is 0.251. The van der Waals surface area contributed by atoms with Gasteiger partial charge in [0, 0.05) is 15.6 Å². The van der Waals surface area contributed by atoms with Crippen LogP contribution in [0.15, 0.2) is 16.6 Å². The highest BCUT2D eigenvalue weighted by Crippen LogP contribution is 2.46. The second kappa shape index (κ2) is 3.96. The van der Waals surface area contributed by atoms with Crippen LogP contribution in [0.4, 0.5) is 0 Å². The van der Waals surface area contributed by atoms with Crippen molar-refractivity contribution in [1.29, 1.82) is 0 Å². The second-order valence-corrected chi connectivity index (χ2v) is 5.30. The van der Waals surface area contributed by atoms with E-state index < -0.39 is 0 Å². The maximum atomic E-state index is 6.28. The highest BCUT2D eigenvalue weighted by molar-refractivity contribution is 9.10. The van der Waals surface area contributed by atoms with Gasteiger partial charge in [-0.25, -0.2) is 0 Å². The Balaban J connectivity index is 2.53. The van der Waals surface area contributed by atoms with Gasteiger partial charge in [-0.15, -0.1) is 0 Å². The van der Waals surface area contributed by atoms with Gasteiger partial charge in [0.15, 0.2) is 0 Å². The Kier molecular flexibility index (Phi) is 2.97. The summed E-state index contributed by atoms with van der Waals surface area (Å²) >= 11 is 9.54. The smallest absolute Gasteiger partial charge is 0.142 e. The molecule has 0 bridgehead atoms. The van der Waals surface area contributed by atoms with Crippen LogP contribution in [0.3, 0.4) is 0 Å². The third-order valence-electron chi connectivity index (χ3n) is 2.99. The molecule has 0 saturated heterocycles. The van der Waals surface area contributed by atoms with E-state index in [1.54, 1.807) is 7.11 Å². The summed E-state index contributed by atoms with van der Waals surface area (Å²) in [4.78, 5) is 0. The van der Waals surface area contributed by atoms with Gasteiger partial charge in [-0.3, -0.25) is 0 Å². The highest BCUT2D eigenvalue weighted by atomic mass is 79.9. The highest BCUT2D eigenvalue weighted by Gasteiger charge is 2.37. The fourth-order valence-corrected chi connectivity index (χ4v) is 2.85. The maximum Gasteiger partial charge on any atom is 0.142 e. The van der Waals surface area contributed by atoms with Crippen LogP contribution in [0, 0.1) is 0 Å². The van der Waals surface area contributed by atoms with E-state index in [9.17, 15) is 0 Å². The Labute approximate surface area is 103 Å². The number of nitrogens with two attached hydrogens (primary N) is 1. The van der Waals surface area contributed by atoms with Gasteiger partial charge in [-0.1, -0.05) is 27.5 Å². The molecular weight excluding hydrogens is 277 g/mol. The van der Waals surface area contributed by atoms with E-state index in [-0.39, 0.29) is 5.54 Å². The predicted molar refractivity (Wildman–Crippen MR) is 65.4 cm³/mol. The second-order valence-electron chi connectivity index (χ2n) is 3.98. The third kappa shape index (κ3) is 1.88. The van der Waals surface area contributed by atoms with Gasteiger partial charge in [0.05, 0.1) is 12.1 Å². The van der Waals surface area contributed by atoms with E-state index in [4.69, 9.17) is 22.1 Å². The van der Waals surface area contributed by atoms with Crippen molar-refractivity contribution in [2.24, 2.45) is 5.73 Å². The SMILES string of the molecule is COc1c(Cl)cc(Br)cc1C1(N)CCC1. The summed E-state index contributed by atoms with van der Waals surface area (Å²) in [6.45, 7) is 0. The molecule has 0 radical (unpaired) electrons. The molecule has 1 aliphatic carbocycles. The largest absolute Gasteiger partial charge is 0.495 e. The lowest BCUT2D eigenvalue weighted by molar-refractivity contribution is 0.244. The Morgan fingerprint density at radius 3 is 2.60 bits per heavy atom. The molecule has 0 atom stereocenters. The molecule has 4 heteroatoms. The normalized spacial score (nSPS) is 18.4. The lowest BCUT2D eigenvalue weighted by Crippen LogP contribution is -2.43. The van der Waals surface area contributed by atoms with Crippen LogP contribution in [0.25, 0.3) is 0 Å². The van der Waals surface area contributed by atoms with E-state index in [1.807, 2.05) is 12.1 Å². The topological polar surface area (TPSA) is 35.2 Å². The summed E-state index contributed by atoms with van der Waals surface area (Å²) in [5.74, 6) is 0.710. The van der Waals surface area contributed by atoms with Crippen molar-refractivity contribution in [2.45, 2.75) is 24.8 Å². The van der Waals surface area contributed by atoms with Crippen molar-refractivity contribution in [3.05, 3.63) is 27.2 Å². The molecule has 82 valence electrons. The standard InChI is InChI=1S/C11H13BrClNO/c1-15-10-8(11(14)3-2-4-11)5-7(12)6-9(10)13/h5-6H,2-4,14H2,1H3. The lowest BCUT2D eigenvalue weighted by Gasteiger charge is -2.39. The van der Waals surface area contributed by atoms with Gasteiger partial charge in [-0.2, -0.15) is 0 Å². The zero-order chi connectivity index (χ0) is 11.1. The zero-order valence-electron chi connectivity index (χ0n) is 8.52. The molecule has 0 unspecified atom stereocenters. The Morgan fingerprint density at radius 2 is 2.13 bits per heavy atom. The predicted octanol–water partition coefficient (Wildman–Crippen LogP) is 3.45. The summed E-state index contributed by atoms with van der Waals surface area (Å²) in [6, 6.07) is 3.83. The molecule has 15 heavy (non-hydrogen) atoms. The summed E-state index contributed by atoms with van der Waals surface area (Å²) < 4.78 is 6.26. The van der Waals surface area contributed by atoms with E-state index in [2.05, 4.69) is 15.9 Å². The first-order valence-corrected chi connectivity index (χ1v) is 6.06. The Bertz CT molecular complexity index is 390. The molecule has 1 saturated carbocycles. The van der Waals surface area contributed by atoms with Gasteiger partial charge in [0.2, 0.25) is 0 Å². The zero-order valence-corrected chi connectivity index (χ0v) is 10.9.